The molecule has 0 aliphatic carbocycles. The third kappa shape index (κ3) is 7.00. The minimum Gasteiger partial charge on any atom is -0.228 e. The van der Waals surface area contributed by atoms with E-state index in [1.54, 1.807) is 0 Å². The molecule has 10 rings (SSSR count). The van der Waals surface area contributed by atoms with Gasteiger partial charge in [0.05, 0.1) is 16.9 Å². The van der Waals surface area contributed by atoms with Gasteiger partial charge in [-0.15, -0.1) is 0 Å². The first kappa shape index (κ1) is 34.5. The van der Waals surface area contributed by atoms with Crippen LogP contribution < -0.4 is 0 Å². The lowest BCUT2D eigenvalue weighted by Crippen LogP contribution is -2.03. The Morgan fingerprint density at radius 2 is 0.603 bits per heavy atom. The van der Waals surface area contributed by atoms with Gasteiger partial charge in [-0.05, 0) is 23.3 Å². The predicted octanol–water partition coefficient (Wildman–Crippen LogP) is 11.9. The summed E-state index contributed by atoms with van der Waals surface area (Å²) in [6.45, 7) is 0. The number of rotatable bonds is 8. The molecule has 0 spiro atoms. The van der Waals surface area contributed by atoms with Gasteiger partial charge in [0.15, 0.2) is 29.1 Å². The molecule has 0 atom stereocenters. The molecule has 7 aromatic carbocycles. The lowest BCUT2D eigenvalue weighted by molar-refractivity contribution is 1.05. The molecule has 0 saturated heterocycles. The first-order valence-electron chi connectivity index (χ1n) is 19.1. The summed E-state index contributed by atoms with van der Waals surface area (Å²) < 4.78 is 0. The molecule has 0 saturated carbocycles. The van der Waals surface area contributed by atoms with E-state index < -0.39 is 0 Å². The van der Waals surface area contributed by atoms with Crippen LogP contribution in [-0.2, 0) is 0 Å². The van der Waals surface area contributed by atoms with Crippen LogP contribution in [0.2, 0.25) is 0 Å². The van der Waals surface area contributed by atoms with Crippen molar-refractivity contribution in [1.29, 1.82) is 0 Å². The third-order valence-corrected chi connectivity index (χ3v) is 9.99. The van der Waals surface area contributed by atoms with Crippen molar-refractivity contribution in [3.05, 3.63) is 200 Å². The Labute approximate surface area is 335 Å². The number of fused-ring (bicyclic) bond motifs is 1. The van der Waals surface area contributed by atoms with Gasteiger partial charge >= 0.3 is 0 Å². The number of para-hydroxylation sites is 1. The van der Waals surface area contributed by atoms with E-state index in [0.717, 1.165) is 66.8 Å². The Morgan fingerprint density at radius 1 is 0.224 bits per heavy atom. The summed E-state index contributed by atoms with van der Waals surface area (Å²) in [5.41, 5.74) is 10.9. The van der Waals surface area contributed by atoms with Crippen molar-refractivity contribution in [3.63, 3.8) is 0 Å². The summed E-state index contributed by atoms with van der Waals surface area (Å²) in [4.78, 5) is 35.2. The van der Waals surface area contributed by atoms with E-state index in [1.165, 1.54) is 0 Å². The predicted molar refractivity (Wildman–Crippen MR) is 232 cm³/mol. The van der Waals surface area contributed by atoms with Crippen LogP contribution >= 0.6 is 0 Å². The maximum Gasteiger partial charge on any atom is 0.182 e. The van der Waals surface area contributed by atoms with Crippen LogP contribution in [0.25, 0.3) is 102 Å². The molecule has 7 heteroatoms. The van der Waals surface area contributed by atoms with Crippen LogP contribution in [0.15, 0.2) is 200 Å². The maximum atomic E-state index is 5.09. The molecule has 272 valence electrons. The monoisotopic (exact) mass is 743 g/mol. The van der Waals surface area contributed by atoms with Gasteiger partial charge in [0.1, 0.15) is 5.69 Å². The normalized spacial score (nSPS) is 11.1. The highest BCUT2D eigenvalue weighted by Crippen LogP contribution is 2.33. The lowest BCUT2D eigenvalue weighted by Gasteiger charge is -2.12. The quantitative estimate of drug-likeness (QED) is 0.153. The Balaban J connectivity index is 1.09. The molecule has 58 heavy (non-hydrogen) atoms. The standard InChI is InChI=1S/C51H33N7/c1-5-15-34(16-6-1)35-25-27-36(28-26-35)44-33-45(54-47(53-44)38-17-7-2-8-18-38)51-57-49(40-21-11-4-12-22-40)56-50(58-51)41-31-29-37(30-32-41)46-42-23-13-14-24-43(42)52-48(55-46)39-19-9-3-10-20-39/h1-33H. The van der Waals surface area contributed by atoms with Gasteiger partial charge in [-0.3, -0.25) is 0 Å². The number of nitrogens with zero attached hydrogens (tertiary/aromatic N) is 7. The molecule has 0 N–H and O–H groups in total. The fraction of sp³-hybridized carbons (Fsp3) is 0. The van der Waals surface area contributed by atoms with E-state index in [0.29, 0.717) is 34.8 Å². The van der Waals surface area contributed by atoms with E-state index in [4.69, 9.17) is 34.9 Å². The Hall–Kier alpha value is -8.03. The number of aromatic nitrogens is 7. The Morgan fingerprint density at radius 3 is 1.19 bits per heavy atom. The second-order valence-corrected chi connectivity index (χ2v) is 13.8. The van der Waals surface area contributed by atoms with Gasteiger partial charge in [-0.1, -0.05) is 188 Å². The molecule has 10 aromatic rings. The molecule has 0 aliphatic heterocycles. The van der Waals surface area contributed by atoms with Crippen molar-refractivity contribution in [2.45, 2.75) is 0 Å². The Kier molecular flexibility index (Phi) is 9.06. The lowest BCUT2D eigenvalue weighted by atomic mass is 10.0. The molecule has 0 radical (unpaired) electrons. The van der Waals surface area contributed by atoms with Crippen molar-refractivity contribution >= 4 is 10.9 Å². The third-order valence-electron chi connectivity index (χ3n) is 9.99. The fourth-order valence-corrected chi connectivity index (χ4v) is 7.02. The molecule has 0 aliphatic rings. The molecule has 0 fully saturated rings. The van der Waals surface area contributed by atoms with Crippen LogP contribution in [0.4, 0.5) is 0 Å². The molecule has 7 nitrogen and oxygen atoms in total. The smallest absolute Gasteiger partial charge is 0.182 e. The van der Waals surface area contributed by atoms with E-state index in [9.17, 15) is 0 Å². The average molecular weight is 744 g/mol. The van der Waals surface area contributed by atoms with Crippen molar-refractivity contribution in [1.82, 2.24) is 34.9 Å². The first-order chi connectivity index (χ1) is 28.7. The van der Waals surface area contributed by atoms with Gasteiger partial charge in [0.25, 0.3) is 0 Å². The van der Waals surface area contributed by atoms with Crippen molar-refractivity contribution in [2.75, 3.05) is 0 Å². The van der Waals surface area contributed by atoms with Crippen LogP contribution in [0, 0.1) is 0 Å². The second-order valence-electron chi connectivity index (χ2n) is 13.8. The van der Waals surface area contributed by atoms with Crippen LogP contribution in [0.5, 0.6) is 0 Å². The van der Waals surface area contributed by atoms with E-state index >= 15 is 0 Å². The SMILES string of the molecule is c1ccc(-c2ccc(-c3cc(-c4nc(-c5ccccc5)nc(-c5ccc(-c6nc(-c7ccccc7)nc7ccccc67)cc5)n4)nc(-c4ccccc4)n3)cc2)cc1. The van der Waals surface area contributed by atoms with Crippen LogP contribution in [0.3, 0.4) is 0 Å². The minimum absolute atomic E-state index is 0.448. The summed E-state index contributed by atoms with van der Waals surface area (Å²) in [7, 11) is 0. The summed E-state index contributed by atoms with van der Waals surface area (Å²) >= 11 is 0. The molecular formula is C51H33N7. The van der Waals surface area contributed by atoms with E-state index in [-0.39, 0.29) is 0 Å². The average Bonchev–Trinajstić information content (AvgIpc) is 3.32. The summed E-state index contributed by atoms with van der Waals surface area (Å²) in [6.07, 6.45) is 0. The molecule has 0 unspecified atom stereocenters. The fourth-order valence-electron chi connectivity index (χ4n) is 7.02. The van der Waals surface area contributed by atoms with Crippen molar-refractivity contribution < 1.29 is 0 Å². The molecule has 3 heterocycles. The van der Waals surface area contributed by atoms with Gasteiger partial charge in [-0.2, -0.15) is 0 Å². The topological polar surface area (TPSA) is 90.2 Å². The van der Waals surface area contributed by atoms with Gasteiger partial charge in [0.2, 0.25) is 0 Å². The van der Waals surface area contributed by atoms with Crippen LogP contribution in [-0.4, -0.2) is 34.9 Å². The minimum atomic E-state index is 0.448. The summed E-state index contributed by atoms with van der Waals surface area (Å²) in [5.74, 6) is 2.79. The van der Waals surface area contributed by atoms with Crippen LogP contribution in [0.1, 0.15) is 0 Å². The Bertz CT molecular complexity index is 3010. The van der Waals surface area contributed by atoms with E-state index in [1.807, 2.05) is 133 Å². The second kappa shape index (κ2) is 15.2. The molecular weight excluding hydrogens is 711 g/mol. The van der Waals surface area contributed by atoms with Gasteiger partial charge in [-0.25, -0.2) is 34.9 Å². The zero-order valence-electron chi connectivity index (χ0n) is 31.2. The first-order valence-corrected chi connectivity index (χ1v) is 19.1. The molecule has 3 aromatic heterocycles. The number of benzene rings is 7. The highest BCUT2D eigenvalue weighted by molar-refractivity contribution is 5.94. The van der Waals surface area contributed by atoms with E-state index in [2.05, 4.69) is 66.7 Å². The summed E-state index contributed by atoms with van der Waals surface area (Å²) in [5, 5.41) is 0.979. The van der Waals surface area contributed by atoms with Gasteiger partial charge in [0, 0.05) is 38.8 Å². The number of hydrogen-bond donors (Lipinski definition) is 0. The molecule has 0 amide bonds. The maximum absolute atomic E-state index is 5.09. The largest absolute Gasteiger partial charge is 0.228 e. The van der Waals surface area contributed by atoms with Crippen molar-refractivity contribution in [3.8, 4) is 90.7 Å². The van der Waals surface area contributed by atoms with Gasteiger partial charge < -0.3 is 0 Å². The van der Waals surface area contributed by atoms with Crippen molar-refractivity contribution in [2.24, 2.45) is 0 Å². The zero-order valence-corrected chi connectivity index (χ0v) is 31.2. The number of hydrogen-bond acceptors (Lipinski definition) is 7. The molecule has 0 bridgehead atoms. The highest BCUT2D eigenvalue weighted by atomic mass is 15.1. The highest BCUT2D eigenvalue weighted by Gasteiger charge is 2.18. The zero-order chi connectivity index (χ0) is 38.7. The summed E-state index contributed by atoms with van der Waals surface area (Å²) in [6, 6.07) is 67.1.